The average molecular weight is 308 g/mol. The molecule has 0 atom stereocenters. The van der Waals surface area contributed by atoms with Crippen LogP contribution in [-0.4, -0.2) is 19.5 Å². The second kappa shape index (κ2) is 5.07. The summed E-state index contributed by atoms with van der Waals surface area (Å²) in [5, 5.41) is 2.58. The SMILES string of the molecule is NNc1nc(Cn2cc(F)c(=O)[nH]c2=O)nc2sccc12. The van der Waals surface area contributed by atoms with Crippen LogP contribution in [0.15, 0.2) is 27.2 Å². The van der Waals surface area contributed by atoms with Crippen LogP contribution >= 0.6 is 11.3 Å². The van der Waals surface area contributed by atoms with Gasteiger partial charge in [-0.3, -0.25) is 14.3 Å². The summed E-state index contributed by atoms with van der Waals surface area (Å²) in [5.41, 5.74) is 0.656. The highest BCUT2D eigenvalue weighted by Gasteiger charge is 2.10. The summed E-state index contributed by atoms with van der Waals surface area (Å²) in [4.78, 5) is 33.6. The highest BCUT2D eigenvalue weighted by atomic mass is 32.1. The second-order valence-electron chi connectivity index (χ2n) is 4.14. The molecular formula is C11H9FN6O2S. The molecule has 8 nitrogen and oxygen atoms in total. The van der Waals surface area contributed by atoms with Crippen molar-refractivity contribution in [3.8, 4) is 0 Å². The van der Waals surface area contributed by atoms with Gasteiger partial charge >= 0.3 is 5.69 Å². The number of nitrogens with one attached hydrogen (secondary N) is 2. The van der Waals surface area contributed by atoms with Crippen molar-refractivity contribution in [3.05, 3.63) is 50.1 Å². The van der Waals surface area contributed by atoms with Gasteiger partial charge in [-0.05, 0) is 11.4 Å². The molecule has 3 aromatic heterocycles. The van der Waals surface area contributed by atoms with Crippen molar-refractivity contribution >= 4 is 27.4 Å². The van der Waals surface area contributed by atoms with E-state index < -0.39 is 17.1 Å². The number of anilines is 1. The third-order valence-corrected chi connectivity index (χ3v) is 3.59. The molecule has 3 rings (SSSR count). The summed E-state index contributed by atoms with van der Waals surface area (Å²) in [5.74, 6) is 5.03. The van der Waals surface area contributed by atoms with E-state index in [1.54, 1.807) is 0 Å². The predicted molar refractivity (Wildman–Crippen MR) is 75.6 cm³/mol. The molecule has 10 heteroatoms. The minimum atomic E-state index is -1.06. The Morgan fingerprint density at radius 2 is 2.24 bits per heavy atom. The van der Waals surface area contributed by atoms with E-state index in [-0.39, 0.29) is 12.4 Å². The number of hydrogen-bond acceptors (Lipinski definition) is 7. The maximum absolute atomic E-state index is 13.2. The molecule has 0 spiro atoms. The van der Waals surface area contributed by atoms with E-state index in [1.807, 2.05) is 16.4 Å². The summed E-state index contributed by atoms with van der Waals surface area (Å²) in [6.45, 7) is -0.0882. The smallest absolute Gasteiger partial charge is 0.308 e. The van der Waals surface area contributed by atoms with E-state index in [4.69, 9.17) is 5.84 Å². The van der Waals surface area contributed by atoms with Gasteiger partial charge in [0.1, 0.15) is 4.83 Å². The number of nitrogens with two attached hydrogens (primary N) is 1. The lowest BCUT2D eigenvalue weighted by molar-refractivity contribution is 0.561. The number of nitrogen functional groups attached to an aromatic ring is 1. The monoisotopic (exact) mass is 308 g/mol. The predicted octanol–water partition coefficient (Wildman–Crippen LogP) is 0.0143. The fraction of sp³-hybridized carbons (Fsp3) is 0.0909. The van der Waals surface area contributed by atoms with Crippen LogP contribution in [0.3, 0.4) is 0 Å². The molecule has 0 aliphatic rings. The van der Waals surface area contributed by atoms with E-state index in [0.717, 1.165) is 16.2 Å². The number of aromatic amines is 1. The Morgan fingerprint density at radius 3 is 3.00 bits per heavy atom. The molecule has 0 amide bonds. The molecular weight excluding hydrogens is 299 g/mol. The van der Waals surface area contributed by atoms with Gasteiger partial charge < -0.3 is 5.43 Å². The normalized spacial score (nSPS) is 11.0. The van der Waals surface area contributed by atoms with Crippen LogP contribution < -0.4 is 22.5 Å². The van der Waals surface area contributed by atoms with Crippen molar-refractivity contribution < 1.29 is 4.39 Å². The minimum Gasteiger partial charge on any atom is -0.308 e. The molecule has 0 radical (unpaired) electrons. The van der Waals surface area contributed by atoms with Crippen molar-refractivity contribution in [2.75, 3.05) is 5.43 Å². The fourth-order valence-corrected chi connectivity index (χ4v) is 2.62. The summed E-state index contributed by atoms with van der Waals surface area (Å²) < 4.78 is 14.2. The van der Waals surface area contributed by atoms with Crippen LogP contribution in [-0.2, 0) is 6.54 Å². The van der Waals surface area contributed by atoms with Crippen molar-refractivity contribution in [2.45, 2.75) is 6.54 Å². The first-order valence-electron chi connectivity index (χ1n) is 5.78. The maximum atomic E-state index is 13.2. The molecule has 0 bridgehead atoms. The van der Waals surface area contributed by atoms with Crippen molar-refractivity contribution in [3.63, 3.8) is 0 Å². The third kappa shape index (κ3) is 2.41. The van der Waals surface area contributed by atoms with E-state index in [9.17, 15) is 14.0 Å². The van der Waals surface area contributed by atoms with Gasteiger partial charge in [0.05, 0.1) is 18.1 Å². The molecule has 21 heavy (non-hydrogen) atoms. The van der Waals surface area contributed by atoms with Gasteiger partial charge in [-0.25, -0.2) is 20.6 Å². The second-order valence-corrected chi connectivity index (χ2v) is 5.03. The number of halogens is 1. The molecule has 3 heterocycles. The zero-order valence-electron chi connectivity index (χ0n) is 10.5. The molecule has 0 saturated carbocycles. The van der Waals surface area contributed by atoms with Crippen LogP contribution in [0, 0.1) is 5.82 Å². The standard InChI is InChI=1S/C11H9FN6O2S/c12-6-3-18(11(20)16-9(6)19)4-7-14-8(17-13)5-1-2-21-10(5)15-7/h1-3H,4,13H2,(H,14,15,17)(H,16,19,20). The first kappa shape index (κ1) is 13.4. The largest absolute Gasteiger partial charge is 0.328 e. The van der Waals surface area contributed by atoms with Gasteiger partial charge in [0, 0.05) is 0 Å². The Hall–Kier alpha value is -2.59. The molecule has 0 aromatic carbocycles. The van der Waals surface area contributed by atoms with Crippen molar-refractivity contribution in [1.29, 1.82) is 0 Å². The molecule has 4 N–H and O–H groups in total. The average Bonchev–Trinajstić information content (AvgIpc) is 2.92. The number of rotatable bonds is 3. The zero-order chi connectivity index (χ0) is 15.0. The fourth-order valence-electron chi connectivity index (χ4n) is 1.83. The van der Waals surface area contributed by atoms with Crippen LogP contribution in [0.1, 0.15) is 5.82 Å². The lowest BCUT2D eigenvalue weighted by Gasteiger charge is -2.07. The summed E-state index contributed by atoms with van der Waals surface area (Å²) >= 11 is 1.39. The Balaban J connectivity index is 2.08. The zero-order valence-corrected chi connectivity index (χ0v) is 11.3. The topological polar surface area (TPSA) is 119 Å². The number of H-pyrrole nitrogens is 1. The van der Waals surface area contributed by atoms with Crippen molar-refractivity contribution in [2.24, 2.45) is 5.84 Å². The molecule has 108 valence electrons. The molecule has 0 aliphatic carbocycles. The number of hydrogen-bond donors (Lipinski definition) is 3. The number of thiophene rings is 1. The first-order chi connectivity index (χ1) is 10.1. The van der Waals surface area contributed by atoms with E-state index in [1.165, 1.54) is 11.3 Å². The van der Waals surface area contributed by atoms with Gasteiger partial charge in [-0.15, -0.1) is 11.3 Å². The van der Waals surface area contributed by atoms with Gasteiger partial charge in [-0.1, -0.05) is 0 Å². The van der Waals surface area contributed by atoms with Gasteiger partial charge in [0.25, 0.3) is 5.56 Å². The lowest BCUT2D eigenvalue weighted by atomic mass is 10.4. The maximum Gasteiger partial charge on any atom is 0.328 e. The van der Waals surface area contributed by atoms with Gasteiger partial charge in [0.15, 0.2) is 11.6 Å². The summed E-state index contributed by atoms with van der Waals surface area (Å²) in [7, 11) is 0. The quantitative estimate of drug-likeness (QED) is 0.463. The molecule has 0 aliphatic heterocycles. The number of hydrazine groups is 1. The number of nitrogens with zero attached hydrogens (tertiary/aromatic N) is 3. The lowest BCUT2D eigenvalue weighted by Crippen LogP contribution is -2.32. The Morgan fingerprint density at radius 1 is 1.43 bits per heavy atom. The van der Waals surface area contributed by atoms with Gasteiger partial charge in [0.2, 0.25) is 5.82 Å². The van der Waals surface area contributed by atoms with Crippen LogP contribution in [0.25, 0.3) is 10.2 Å². The Kier molecular flexibility index (Phi) is 3.23. The van der Waals surface area contributed by atoms with Crippen LogP contribution in [0.4, 0.5) is 10.2 Å². The van der Waals surface area contributed by atoms with E-state index in [2.05, 4.69) is 15.4 Å². The van der Waals surface area contributed by atoms with Crippen LogP contribution in [0.2, 0.25) is 0 Å². The van der Waals surface area contributed by atoms with Crippen LogP contribution in [0.5, 0.6) is 0 Å². The molecule has 0 saturated heterocycles. The molecule has 0 fully saturated rings. The third-order valence-electron chi connectivity index (χ3n) is 2.79. The molecule has 3 aromatic rings. The number of fused-ring (bicyclic) bond motifs is 1. The highest BCUT2D eigenvalue weighted by molar-refractivity contribution is 7.16. The Bertz CT molecular complexity index is 930. The minimum absolute atomic E-state index is 0.0882. The first-order valence-corrected chi connectivity index (χ1v) is 6.66. The number of aromatic nitrogens is 4. The van der Waals surface area contributed by atoms with E-state index in [0.29, 0.717) is 10.6 Å². The summed E-state index contributed by atoms with van der Waals surface area (Å²) in [6, 6.07) is 1.81. The Labute approximate surface area is 120 Å². The summed E-state index contributed by atoms with van der Waals surface area (Å²) in [6.07, 6.45) is 0.818. The molecule has 0 unspecified atom stereocenters. The van der Waals surface area contributed by atoms with Crippen molar-refractivity contribution in [1.82, 2.24) is 19.5 Å². The van der Waals surface area contributed by atoms with E-state index >= 15 is 0 Å². The highest BCUT2D eigenvalue weighted by Crippen LogP contribution is 2.24. The van der Waals surface area contributed by atoms with Gasteiger partial charge in [-0.2, -0.15) is 4.39 Å².